The zero-order chi connectivity index (χ0) is 16.7. The molecule has 0 spiro atoms. The Kier molecular flexibility index (Phi) is 6.90. The molecule has 0 amide bonds. The molecular formula is C18H18Cl2O3. The first-order valence-corrected chi connectivity index (χ1v) is 8.14. The molecule has 0 bridgehead atoms. The van der Waals surface area contributed by atoms with Gasteiger partial charge in [-0.3, -0.25) is 0 Å². The second-order valence-electron chi connectivity index (χ2n) is 5.05. The molecule has 23 heavy (non-hydrogen) atoms. The normalized spacial score (nSPS) is 12.0. The van der Waals surface area contributed by atoms with E-state index in [1.165, 1.54) is 0 Å². The Bertz CT molecular complexity index is 624. The van der Waals surface area contributed by atoms with Crippen LogP contribution in [0.1, 0.15) is 30.6 Å². The first-order chi connectivity index (χ1) is 11.1. The van der Waals surface area contributed by atoms with Crippen LogP contribution in [0.5, 0.6) is 0 Å². The number of esters is 1. The van der Waals surface area contributed by atoms with Crippen LogP contribution in [0.2, 0.25) is 10.0 Å². The summed E-state index contributed by atoms with van der Waals surface area (Å²) in [6.45, 7) is 2.57. The van der Waals surface area contributed by atoms with Crippen molar-refractivity contribution in [3.8, 4) is 0 Å². The molecule has 0 radical (unpaired) electrons. The van der Waals surface area contributed by atoms with E-state index in [-0.39, 0.29) is 6.61 Å². The summed E-state index contributed by atoms with van der Waals surface area (Å²) in [6, 6.07) is 14.6. The number of hydrogen-bond donors (Lipinski definition) is 0. The van der Waals surface area contributed by atoms with Crippen LogP contribution in [0.15, 0.2) is 48.5 Å². The fraction of sp³-hybridized carbons (Fsp3) is 0.278. The third-order valence-corrected chi connectivity index (χ3v) is 3.55. The first kappa shape index (κ1) is 17.8. The van der Waals surface area contributed by atoms with Crippen molar-refractivity contribution < 1.29 is 14.3 Å². The minimum atomic E-state index is -0.863. The molecule has 0 aromatic heterocycles. The van der Waals surface area contributed by atoms with Gasteiger partial charge in [-0.15, -0.1) is 0 Å². The van der Waals surface area contributed by atoms with E-state index in [0.29, 0.717) is 22.2 Å². The number of rotatable bonds is 7. The molecule has 0 saturated carbocycles. The summed E-state index contributed by atoms with van der Waals surface area (Å²) >= 11 is 12.1. The van der Waals surface area contributed by atoms with Gasteiger partial charge >= 0.3 is 5.97 Å². The number of carbonyl (C=O) groups is 1. The maximum atomic E-state index is 12.3. The molecule has 0 aliphatic carbocycles. The molecule has 0 aliphatic heterocycles. The zero-order valence-electron chi connectivity index (χ0n) is 12.8. The zero-order valence-corrected chi connectivity index (χ0v) is 14.3. The summed E-state index contributed by atoms with van der Waals surface area (Å²) in [6.07, 6.45) is -0.120. The van der Waals surface area contributed by atoms with E-state index in [1.807, 2.05) is 37.3 Å². The number of benzene rings is 2. The number of ether oxygens (including phenoxy) is 2. The quantitative estimate of drug-likeness (QED) is 0.642. The minimum Gasteiger partial charge on any atom is -0.464 e. The van der Waals surface area contributed by atoms with Crippen LogP contribution in [0, 0.1) is 0 Å². The molecule has 122 valence electrons. The van der Waals surface area contributed by atoms with Crippen molar-refractivity contribution in [2.24, 2.45) is 0 Å². The van der Waals surface area contributed by atoms with Crippen molar-refractivity contribution in [3.63, 3.8) is 0 Å². The molecule has 1 atom stereocenters. The Balaban J connectivity index is 2.18. The van der Waals surface area contributed by atoms with E-state index in [4.69, 9.17) is 32.7 Å². The van der Waals surface area contributed by atoms with Gasteiger partial charge in [-0.1, -0.05) is 60.5 Å². The molecule has 0 fully saturated rings. The van der Waals surface area contributed by atoms with E-state index in [0.717, 1.165) is 12.0 Å². The van der Waals surface area contributed by atoms with Crippen molar-refractivity contribution in [3.05, 3.63) is 69.7 Å². The highest BCUT2D eigenvalue weighted by Gasteiger charge is 2.24. The summed E-state index contributed by atoms with van der Waals surface area (Å²) in [4.78, 5) is 12.3. The predicted molar refractivity (Wildman–Crippen MR) is 91.7 cm³/mol. The van der Waals surface area contributed by atoms with Crippen molar-refractivity contribution in [1.82, 2.24) is 0 Å². The molecule has 1 unspecified atom stereocenters. The van der Waals surface area contributed by atoms with Gasteiger partial charge in [-0.05, 0) is 35.7 Å². The van der Waals surface area contributed by atoms with E-state index < -0.39 is 12.1 Å². The van der Waals surface area contributed by atoms with E-state index >= 15 is 0 Å². The third-order valence-electron chi connectivity index (χ3n) is 3.11. The molecule has 0 aliphatic rings. The first-order valence-electron chi connectivity index (χ1n) is 7.38. The van der Waals surface area contributed by atoms with Gasteiger partial charge in [0.25, 0.3) is 0 Å². The molecule has 2 rings (SSSR count). The SMILES string of the molecule is CCCOC(=O)C(OCc1ccccc1)c1cc(Cl)cc(Cl)c1. The number of halogens is 2. The van der Waals surface area contributed by atoms with Crippen molar-refractivity contribution in [1.29, 1.82) is 0 Å². The lowest BCUT2D eigenvalue weighted by atomic mass is 10.1. The summed E-state index contributed by atoms with van der Waals surface area (Å²) in [7, 11) is 0. The summed E-state index contributed by atoms with van der Waals surface area (Å²) in [5.74, 6) is -0.443. The lowest BCUT2D eigenvalue weighted by Crippen LogP contribution is -2.19. The average Bonchev–Trinajstić information content (AvgIpc) is 2.53. The highest BCUT2D eigenvalue weighted by molar-refractivity contribution is 6.34. The molecule has 5 heteroatoms. The Labute approximate surface area is 146 Å². The molecule has 3 nitrogen and oxygen atoms in total. The maximum Gasteiger partial charge on any atom is 0.339 e. The molecule has 2 aromatic rings. The fourth-order valence-corrected chi connectivity index (χ4v) is 2.60. The highest BCUT2D eigenvalue weighted by atomic mass is 35.5. The largest absolute Gasteiger partial charge is 0.464 e. The van der Waals surface area contributed by atoms with Crippen LogP contribution in [-0.2, 0) is 20.9 Å². The van der Waals surface area contributed by atoms with E-state index in [2.05, 4.69) is 0 Å². The standard InChI is InChI=1S/C18H18Cl2O3/c1-2-8-22-18(21)17(14-9-15(19)11-16(20)10-14)23-12-13-6-4-3-5-7-13/h3-7,9-11,17H,2,8,12H2,1H3. The summed E-state index contributed by atoms with van der Waals surface area (Å²) in [5.41, 5.74) is 1.55. The van der Waals surface area contributed by atoms with Crippen LogP contribution in [0.25, 0.3) is 0 Å². The highest BCUT2D eigenvalue weighted by Crippen LogP contribution is 2.27. The number of carbonyl (C=O) groups excluding carboxylic acids is 1. The summed E-state index contributed by atoms with van der Waals surface area (Å²) < 4.78 is 11.0. The monoisotopic (exact) mass is 352 g/mol. The molecule has 0 N–H and O–H groups in total. The van der Waals surface area contributed by atoms with E-state index in [1.54, 1.807) is 18.2 Å². The fourth-order valence-electron chi connectivity index (χ4n) is 2.06. The van der Waals surface area contributed by atoms with Crippen LogP contribution in [0.3, 0.4) is 0 Å². The van der Waals surface area contributed by atoms with Crippen molar-refractivity contribution in [2.45, 2.75) is 26.1 Å². The average molecular weight is 353 g/mol. The van der Waals surface area contributed by atoms with Gasteiger partial charge in [-0.2, -0.15) is 0 Å². The second kappa shape index (κ2) is 8.92. The predicted octanol–water partition coefficient (Wildman–Crippen LogP) is 5.20. The Hall–Kier alpha value is -1.55. The Morgan fingerprint density at radius 1 is 1.09 bits per heavy atom. The third kappa shape index (κ3) is 5.54. The smallest absolute Gasteiger partial charge is 0.339 e. The molecule has 0 saturated heterocycles. The topological polar surface area (TPSA) is 35.5 Å². The van der Waals surface area contributed by atoms with Crippen LogP contribution in [-0.4, -0.2) is 12.6 Å². The molecule has 0 heterocycles. The van der Waals surface area contributed by atoms with Crippen LogP contribution >= 0.6 is 23.2 Å². The number of hydrogen-bond acceptors (Lipinski definition) is 3. The second-order valence-corrected chi connectivity index (χ2v) is 5.92. The van der Waals surface area contributed by atoms with E-state index in [9.17, 15) is 4.79 Å². The van der Waals surface area contributed by atoms with Crippen LogP contribution in [0.4, 0.5) is 0 Å². The van der Waals surface area contributed by atoms with Gasteiger partial charge in [-0.25, -0.2) is 4.79 Å². The molecule has 2 aromatic carbocycles. The molecular weight excluding hydrogens is 335 g/mol. The Morgan fingerprint density at radius 3 is 2.35 bits per heavy atom. The van der Waals surface area contributed by atoms with Gasteiger partial charge in [0.1, 0.15) is 0 Å². The van der Waals surface area contributed by atoms with Gasteiger partial charge in [0.15, 0.2) is 6.10 Å². The van der Waals surface area contributed by atoms with Crippen molar-refractivity contribution in [2.75, 3.05) is 6.61 Å². The van der Waals surface area contributed by atoms with Crippen molar-refractivity contribution >= 4 is 29.2 Å². The minimum absolute atomic E-state index is 0.289. The Morgan fingerprint density at radius 2 is 1.74 bits per heavy atom. The maximum absolute atomic E-state index is 12.3. The van der Waals surface area contributed by atoms with Crippen LogP contribution < -0.4 is 0 Å². The van der Waals surface area contributed by atoms with Gasteiger partial charge in [0.05, 0.1) is 13.2 Å². The lowest BCUT2D eigenvalue weighted by Gasteiger charge is -2.18. The summed E-state index contributed by atoms with van der Waals surface area (Å²) in [5, 5.41) is 0.896. The van der Waals surface area contributed by atoms with Gasteiger partial charge in [0.2, 0.25) is 0 Å². The van der Waals surface area contributed by atoms with Gasteiger partial charge < -0.3 is 9.47 Å². The lowest BCUT2D eigenvalue weighted by molar-refractivity contribution is -0.158. The van der Waals surface area contributed by atoms with Gasteiger partial charge in [0, 0.05) is 10.0 Å².